The van der Waals surface area contributed by atoms with Crippen LogP contribution in [0.5, 0.6) is 5.75 Å². The van der Waals surface area contributed by atoms with Crippen LogP contribution >= 0.6 is 0 Å². The molecule has 3 N–H and O–H groups in total. The molecule has 3 amide bonds. The Balaban J connectivity index is 1.25. The van der Waals surface area contributed by atoms with E-state index in [1.165, 1.54) is 19.3 Å². The molecule has 6 atom stereocenters. The molecule has 0 radical (unpaired) electrons. The van der Waals surface area contributed by atoms with Crippen LogP contribution in [0.15, 0.2) is 24.3 Å². The molecule has 2 saturated heterocycles. The van der Waals surface area contributed by atoms with Crippen LogP contribution in [0.4, 0.5) is 0 Å². The molecule has 6 unspecified atom stereocenters. The molecule has 0 spiro atoms. The largest absolute Gasteiger partial charge is 0.497 e. The summed E-state index contributed by atoms with van der Waals surface area (Å²) in [7, 11) is 1.58. The molecule has 2 saturated carbocycles. The number of epoxide rings is 1. The van der Waals surface area contributed by atoms with Crippen LogP contribution in [0.25, 0.3) is 0 Å². The molecule has 11 nitrogen and oxygen atoms in total. The molecule has 5 rings (SSSR count). The third-order valence-corrected chi connectivity index (χ3v) is 9.30. The van der Waals surface area contributed by atoms with Crippen molar-refractivity contribution in [3.63, 3.8) is 0 Å². The number of hydrogen-bond donors (Lipinski definition) is 3. The highest BCUT2D eigenvalue weighted by atomic mass is 16.6. The van der Waals surface area contributed by atoms with Crippen molar-refractivity contribution in [1.82, 2.24) is 20.9 Å². The van der Waals surface area contributed by atoms with E-state index in [0.29, 0.717) is 62.8 Å². The molecule has 2 heterocycles. The van der Waals surface area contributed by atoms with Gasteiger partial charge in [-0.05, 0) is 68.6 Å². The number of hydrogen-bond acceptors (Lipinski definition) is 8. The Hall–Kier alpha value is -3.02. The van der Waals surface area contributed by atoms with Gasteiger partial charge in [-0.3, -0.25) is 24.1 Å². The number of morpholine rings is 1. The van der Waals surface area contributed by atoms with Gasteiger partial charge in [0.2, 0.25) is 17.7 Å². The first-order chi connectivity index (χ1) is 20.2. The number of rotatable bonds is 14. The number of carbonyl (C=O) groups is 4. The van der Waals surface area contributed by atoms with E-state index in [2.05, 4.69) is 16.0 Å². The zero-order valence-corrected chi connectivity index (χ0v) is 24.9. The molecule has 0 bridgehead atoms. The van der Waals surface area contributed by atoms with Crippen molar-refractivity contribution in [2.45, 2.75) is 69.7 Å². The fraction of sp³-hybridized carbons (Fsp3) is 0.677. The van der Waals surface area contributed by atoms with Crippen molar-refractivity contribution >= 4 is 23.5 Å². The minimum atomic E-state index is -0.952. The van der Waals surface area contributed by atoms with E-state index in [9.17, 15) is 19.2 Å². The highest BCUT2D eigenvalue weighted by Gasteiger charge is 2.56. The van der Waals surface area contributed by atoms with Crippen molar-refractivity contribution in [3.05, 3.63) is 29.8 Å². The number of nitrogens with zero attached hydrogens (tertiary/aromatic N) is 1. The lowest BCUT2D eigenvalue weighted by Gasteiger charge is -2.27. The van der Waals surface area contributed by atoms with Crippen LogP contribution in [0.3, 0.4) is 0 Å². The number of benzene rings is 1. The molecule has 2 aliphatic carbocycles. The topological polar surface area (TPSA) is 139 Å². The lowest BCUT2D eigenvalue weighted by atomic mass is 9.93. The number of ketones is 1. The summed E-state index contributed by atoms with van der Waals surface area (Å²) >= 11 is 0. The zero-order valence-electron chi connectivity index (χ0n) is 24.9. The number of carbonyl (C=O) groups excluding carboxylic acids is 4. The maximum Gasteiger partial charge on any atom is 0.243 e. The van der Waals surface area contributed by atoms with Crippen LogP contribution in [0.2, 0.25) is 0 Å². The molecule has 11 heteroatoms. The third-order valence-electron chi connectivity index (χ3n) is 9.30. The lowest BCUT2D eigenvalue weighted by Crippen LogP contribution is -2.57. The standard InChI is InChI=1S/C31H44N4O7/c1-19(32-27(36)17-35-11-13-41-14-12-35)29(38)34-26(15-20-7-9-21(40-3)10-8-20)30(39)33-25(28(37)31(2)18-42-31)16-24-22-5-4-6-23(22)24/h7-10,19,22-26H,4-6,11-18H2,1-3H3,(H,32,36)(H,33,39)(H,34,38). The molecule has 4 aliphatic rings. The minimum absolute atomic E-state index is 0.112. The van der Waals surface area contributed by atoms with E-state index in [-0.39, 0.29) is 24.7 Å². The van der Waals surface area contributed by atoms with Gasteiger partial charge in [-0.1, -0.05) is 18.6 Å². The van der Waals surface area contributed by atoms with Crippen molar-refractivity contribution in [1.29, 1.82) is 0 Å². The van der Waals surface area contributed by atoms with Gasteiger partial charge in [0, 0.05) is 19.5 Å². The van der Waals surface area contributed by atoms with Crippen LogP contribution < -0.4 is 20.7 Å². The van der Waals surface area contributed by atoms with Crippen molar-refractivity contribution in [2.24, 2.45) is 17.8 Å². The first-order valence-corrected chi connectivity index (χ1v) is 15.2. The van der Waals surface area contributed by atoms with Gasteiger partial charge in [-0.15, -0.1) is 0 Å². The average molecular weight is 585 g/mol. The first-order valence-electron chi connectivity index (χ1n) is 15.2. The van der Waals surface area contributed by atoms with E-state index >= 15 is 0 Å². The number of ether oxygens (including phenoxy) is 3. The first kappa shape index (κ1) is 30.4. The summed E-state index contributed by atoms with van der Waals surface area (Å²) in [6, 6.07) is 4.78. The predicted octanol–water partition coefficient (Wildman–Crippen LogP) is 0.838. The number of amides is 3. The maximum absolute atomic E-state index is 13.8. The molecule has 1 aromatic carbocycles. The number of fused-ring (bicyclic) bond motifs is 1. The third kappa shape index (κ3) is 7.48. The molecule has 0 aromatic heterocycles. The van der Waals surface area contributed by atoms with Crippen LogP contribution in [-0.2, 0) is 35.1 Å². The summed E-state index contributed by atoms with van der Waals surface area (Å²) in [5, 5.41) is 8.57. The smallest absolute Gasteiger partial charge is 0.243 e. The molecule has 2 aliphatic heterocycles. The molecule has 4 fully saturated rings. The fourth-order valence-electron chi connectivity index (χ4n) is 6.53. The number of Topliss-reactive ketones (excluding diaryl/α,β-unsaturated/α-hetero) is 1. The highest BCUT2D eigenvalue weighted by molar-refractivity contribution is 5.98. The van der Waals surface area contributed by atoms with Gasteiger partial charge in [0.15, 0.2) is 5.78 Å². The summed E-state index contributed by atoms with van der Waals surface area (Å²) in [4.78, 5) is 55.0. The van der Waals surface area contributed by atoms with Gasteiger partial charge < -0.3 is 30.2 Å². The summed E-state index contributed by atoms with van der Waals surface area (Å²) in [5.74, 6) is 1.11. The summed E-state index contributed by atoms with van der Waals surface area (Å²) < 4.78 is 16.0. The van der Waals surface area contributed by atoms with E-state index in [1.54, 1.807) is 33.1 Å². The summed E-state index contributed by atoms with van der Waals surface area (Å²) in [6.45, 7) is 6.34. The summed E-state index contributed by atoms with van der Waals surface area (Å²) in [6.07, 6.45) is 4.40. The maximum atomic E-state index is 13.8. The Morgan fingerprint density at radius 1 is 1.00 bits per heavy atom. The van der Waals surface area contributed by atoms with Crippen molar-refractivity contribution in [3.8, 4) is 5.75 Å². The van der Waals surface area contributed by atoms with Crippen LogP contribution in [0.1, 0.15) is 45.1 Å². The Bertz CT molecular complexity index is 1140. The van der Waals surface area contributed by atoms with Gasteiger partial charge in [-0.25, -0.2) is 0 Å². The van der Waals surface area contributed by atoms with Gasteiger partial charge >= 0.3 is 0 Å². The van der Waals surface area contributed by atoms with Gasteiger partial charge in [-0.2, -0.15) is 0 Å². The second-order valence-corrected chi connectivity index (χ2v) is 12.4. The van der Waals surface area contributed by atoms with Crippen molar-refractivity contribution < 1.29 is 33.4 Å². The lowest BCUT2D eigenvalue weighted by molar-refractivity contribution is -0.134. The van der Waals surface area contributed by atoms with Crippen LogP contribution in [0, 0.1) is 17.8 Å². The van der Waals surface area contributed by atoms with Gasteiger partial charge in [0.25, 0.3) is 0 Å². The normalized spacial score (nSPS) is 28.5. The Morgan fingerprint density at radius 3 is 2.26 bits per heavy atom. The Labute approximate surface area is 247 Å². The average Bonchev–Trinajstić information content (AvgIpc) is 3.83. The van der Waals surface area contributed by atoms with Crippen molar-refractivity contribution in [2.75, 3.05) is 46.6 Å². The summed E-state index contributed by atoms with van der Waals surface area (Å²) in [5.41, 5.74) is -0.0481. The molecular formula is C31H44N4O7. The second kappa shape index (κ2) is 13.1. The second-order valence-electron chi connectivity index (χ2n) is 12.4. The minimum Gasteiger partial charge on any atom is -0.497 e. The molecule has 1 aromatic rings. The fourth-order valence-corrected chi connectivity index (χ4v) is 6.53. The van der Waals surface area contributed by atoms with E-state index in [4.69, 9.17) is 14.2 Å². The van der Waals surface area contributed by atoms with Crippen LogP contribution in [-0.4, -0.2) is 98.7 Å². The quantitative estimate of drug-likeness (QED) is 0.274. The number of nitrogens with one attached hydrogen (secondary N) is 3. The predicted molar refractivity (Wildman–Crippen MR) is 154 cm³/mol. The molecular weight excluding hydrogens is 540 g/mol. The Kier molecular flexibility index (Phi) is 9.49. The highest BCUT2D eigenvalue weighted by Crippen LogP contribution is 2.59. The molecule has 230 valence electrons. The molecule has 42 heavy (non-hydrogen) atoms. The zero-order chi connectivity index (χ0) is 29.9. The SMILES string of the molecule is COc1ccc(CC(NC(=O)C(C)NC(=O)CN2CCOCC2)C(=O)NC(CC2C3CCCC32)C(=O)C2(C)CO2)cc1. The van der Waals surface area contributed by atoms with E-state index in [0.717, 1.165) is 5.56 Å². The van der Waals surface area contributed by atoms with E-state index in [1.807, 2.05) is 17.0 Å². The number of methoxy groups -OCH3 is 1. The van der Waals surface area contributed by atoms with E-state index < -0.39 is 35.5 Å². The monoisotopic (exact) mass is 584 g/mol. The van der Waals surface area contributed by atoms with Gasteiger partial charge in [0.1, 0.15) is 23.4 Å². The Morgan fingerprint density at radius 2 is 1.64 bits per heavy atom. The van der Waals surface area contributed by atoms with Gasteiger partial charge in [0.05, 0.1) is 39.5 Å².